The van der Waals surface area contributed by atoms with Crippen LogP contribution >= 0.6 is 24.8 Å². The Morgan fingerprint density at radius 1 is 1.27 bits per heavy atom. The summed E-state index contributed by atoms with van der Waals surface area (Å²) in [4.78, 5) is 16.8. The first kappa shape index (κ1) is 21.9. The third-order valence-electron chi connectivity index (χ3n) is 5.13. The van der Waals surface area contributed by atoms with Gasteiger partial charge in [-0.2, -0.15) is 0 Å². The number of hydrogen-bond donors (Lipinski definition) is 1. The fourth-order valence-electron chi connectivity index (χ4n) is 3.31. The first-order chi connectivity index (χ1) is 9.50. The molecule has 0 aromatic carbocycles. The molecule has 2 heterocycles. The molecule has 0 saturated carbocycles. The van der Waals surface area contributed by atoms with Crippen molar-refractivity contribution in [1.82, 2.24) is 9.80 Å². The summed E-state index contributed by atoms with van der Waals surface area (Å²) in [6, 6.07) is 0.502. The first-order valence-electron chi connectivity index (χ1n) is 7.81. The highest BCUT2D eigenvalue weighted by molar-refractivity contribution is 5.85. The second-order valence-electron chi connectivity index (χ2n) is 6.43. The molecule has 0 aromatic heterocycles. The predicted octanol–water partition coefficient (Wildman–Crippen LogP) is 1.52. The van der Waals surface area contributed by atoms with Crippen LogP contribution in [0.15, 0.2) is 0 Å². The van der Waals surface area contributed by atoms with Gasteiger partial charge in [0.1, 0.15) is 0 Å². The topological polar surface area (TPSA) is 58.8 Å². The molecule has 3 unspecified atom stereocenters. The van der Waals surface area contributed by atoms with Gasteiger partial charge >= 0.3 is 0 Å². The Hall–Kier alpha value is -0.0700. The van der Waals surface area contributed by atoms with Gasteiger partial charge in [-0.15, -0.1) is 24.8 Å². The average molecular weight is 356 g/mol. The fourth-order valence-corrected chi connectivity index (χ4v) is 3.31. The van der Waals surface area contributed by atoms with Gasteiger partial charge in [0.05, 0.1) is 6.04 Å². The van der Waals surface area contributed by atoms with Crippen LogP contribution in [0.4, 0.5) is 0 Å². The molecule has 0 aliphatic carbocycles. The lowest BCUT2D eigenvalue weighted by Crippen LogP contribution is -2.54. The van der Waals surface area contributed by atoms with Gasteiger partial charge < -0.3 is 20.3 Å². The van der Waals surface area contributed by atoms with Crippen molar-refractivity contribution in [3.8, 4) is 0 Å². The zero-order valence-corrected chi connectivity index (χ0v) is 15.5. The SMILES string of the molecule is CC1CC(N(C)C(=O)C(N)C2CCOCC2)CCN1C.Cl.Cl. The summed E-state index contributed by atoms with van der Waals surface area (Å²) in [6.07, 6.45) is 3.90. The zero-order chi connectivity index (χ0) is 14.7. The van der Waals surface area contributed by atoms with Gasteiger partial charge in [-0.3, -0.25) is 4.79 Å². The number of amides is 1. The number of halogens is 2. The van der Waals surface area contributed by atoms with Crippen LogP contribution in [-0.2, 0) is 9.53 Å². The van der Waals surface area contributed by atoms with Gasteiger partial charge in [-0.05, 0) is 45.6 Å². The predicted molar refractivity (Wildman–Crippen MR) is 93.9 cm³/mol. The van der Waals surface area contributed by atoms with Crippen molar-refractivity contribution in [2.45, 2.75) is 50.7 Å². The second kappa shape index (κ2) is 9.93. The van der Waals surface area contributed by atoms with E-state index in [1.807, 2.05) is 11.9 Å². The monoisotopic (exact) mass is 355 g/mol. The number of nitrogens with zero attached hydrogens (tertiary/aromatic N) is 2. The van der Waals surface area contributed by atoms with E-state index in [4.69, 9.17) is 10.5 Å². The lowest BCUT2D eigenvalue weighted by atomic mass is 9.90. The number of carbonyl (C=O) groups is 1. The van der Waals surface area contributed by atoms with Crippen LogP contribution in [0.25, 0.3) is 0 Å². The van der Waals surface area contributed by atoms with Crippen LogP contribution < -0.4 is 5.73 Å². The molecular weight excluding hydrogens is 325 g/mol. The van der Waals surface area contributed by atoms with Crippen molar-refractivity contribution >= 4 is 30.7 Å². The third-order valence-corrected chi connectivity index (χ3v) is 5.13. The molecule has 2 fully saturated rings. The fraction of sp³-hybridized carbons (Fsp3) is 0.933. The molecule has 1 amide bonds. The van der Waals surface area contributed by atoms with Gasteiger partial charge in [0.15, 0.2) is 0 Å². The Labute approximate surface area is 146 Å². The van der Waals surface area contributed by atoms with Crippen LogP contribution in [0.2, 0.25) is 0 Å². The summed E-state index contributed by atoms with van der Waals surface area (Å²) in [5.74, 6) is 0.390. The number of piperidine rings is 1. The molecular formula is C15H31Cl2N3O2. The maximum absolute atomic E-state index is 12.6. The van der Waals surface area contributed by atoms with Crippen LogP contribution in [0.1, 0.15) is 32.6 Å². The van der Waals surface area contributed by atoms with Crippen molar-refractivity contribution in [2.75, 3.05) is 33.9 Å². The number of carbonyl (C=O) groups excluding carboxylic acids is 1. The molecule has 132 valence electrons. The Morgan fingerprint density at radius 3 is 2.41 bits per heavy atom. The number of likely N-dealkylation sites (N-methyl/N-ethyl adjacent to an activating group) is 1. The van der Waals surface area contributed by atoms with E-state index in [1.165, 1.54) is 0 Å². The Bertz CT molecular complexity index is 341. The molecule has 2 rings (SSSR count). The van der Waals surface area contributed by atoms with Crippen LogP contribution in [0.3, 0.4) is 0 Å². The summed E-state index contributed by atoms with van der Waals surface area (Å²) in [6.45, 7) is 4.75. The zero-order valence-electron chi connectivity index (χ0n) is 13.9. The van der Waals surface area contributed by atoms with Gasteiger partial charge in [0.2, 0.25) is 5.91 Å². The van der Waals surface area contributed by atoms with Crippen molar-refractivity contribution in [3.63, 3.8) is 0 Å². The smallest absolute Gasteiger partial charge is 0.239 e. The summed E-state index contributed by atoms with van der Waals surface area (Å²) >= 11 is 0. The minimum Gasteiger partial charge on any atom is -0.381 e. The normalized spacial score (nSPS) is 28.2. The lowest BCUT2D eigenvalue weighted by molar-refractivity contribution is -0.136. The van der Waals surface area contributed by atoms with E-state index in [2.05, 4.69) is 18.9 Å². The molecule has 0 bridgehead atoms. The quantitative estimate of drug-likeness (QED) is 0.833. The molecule has 7 heteroatoms. The molecule has 0 aromatic rings. The minimum atomic E-state index is -0.362. The summed E-state index contributed by atoms with van der Waals surface area (Å²) in [5.41, 5.74) is 6.20. The van der Waals surface area contributed by atoms with E-state index in [-0.39, 0.29) is 42.7 Å². The molecule has 2 N–H and O–H groups in total. The number of hydrogen-bond acceptors (Lipinski definition) is 4. The summed E-state index contributed by atoms with van der Waals surface area (Å²) in [5, 5.41) is 0. The van der Waals surface area contributed by atoms with Crippen LogP contribution in [-0.4, -0.2) is 67.7 Å². The molecule has 22 heavy (non-hydrogen) atoms. The number of likely N-dealkylation sites (tertiary alicyclic amines) is 1. The summed E-state index contributed by atoms with van der Waals surface area (Å²) in [7, 11) is 4.07. The maximum Gasteiger partial charge on any atom is 0.239 e. The van der Waals surface area contributed by atoms with E-state index in [0.717, 1.165) is 45.4 Å². The van der Waals surface area contributed by atoms with Crippen LogP contribution in [0.5, 0.6) is 0 Å². The number of ether oxygens (including phenoxy) is 1. The molecule has 2 saturated heterocycles. The highest BCUT2D eigenvalue weighted by Gasteiger charge is 2.33. The first-order valence-corrected chi connectivity index (χ1v) is 7.81. The van der Waals surface area contributed by atoms with E-state index in [9.17, 15) is 4.79 Å². The second-order valence-corrected chi connectivity index (χ2v) is 6.43. The standard InChI is InChI=1S/C15H29N3O2.2ClH/c1-11-10-13(4-7-17(11)2)18(3)15(19)14(16)12-5-8-20-9-6-12;;/h11-14H,4-10,16H2,1-3H3;2*1H. The van der Waals surface area contributed by atoms with E-state index in [0.29, 0.717) is 12.1 Å². The molecule has 2 aliphatic heterocycles. The van der Waals surface area contributed by atoms with Gasteiger partial charge in [0.25, 0.3) is 0 Å². The molecule has 2 aliphatic rings. The van der Waals surface area contributed by atoms with Gasteiger partial charge in [-0.25, -0.2) is 0 Å². The van der Waals surface area contributed by atoms with Crippen molar-refractivity contribution in [3.05, 3.63) is 0 Å². The lowest BCUT2D eigenvalue weighted by Gasteiger charge is -2.40. The van der Waals surface area contributed by atoms with E-state index in [1.54, 1.807) is 0 Å². The van der Waals surface area contributed by atoms with Crippen molar-refractivity contribution in [1.29, 1.82) is 0 Å². The summed E-state index contributed by atoms with van der Waals surface area (Å²) < 4.78 is 5.35. The Balaban J connectivity index is 0.00000220. The van der Waals surface area contributed by atoms with E-state index >= 15 is 0 Å². The van der Waals surface area contributed by atoms with Crippen molar-refractivity contribution < 1.29 is 9.53 Å². The molecule has 0 radical (unpaired) electrons. The van der Waals surface area contributed by atoms with Gasteiger partial charge in [-0.1, -0.05) is 0 Å². The molecule has 3 atom stereocenters. The molecule has 0 spiro atoms. The number of rotatable bonds is 3. The number of nitrogens with two attached hydrogens (primary N) is 1. The minimum absolute atomic E-state index is 0. The van der Waals surface area contributed by atoms with Gasteiger partial charge in [0, 0.05) is 38.9 Å². The van der Waals surface area contributed by atoms with Crippen LogP contribution in [0, 0.1) is 5.92 Å². The highest BCUT2D eigenvalue weighted by atomic mass is 35.5. The Kier molecular flexibility index (Phi) is 9.90. The largest absolute Gasteiger partial charge is 0.381 e. The van der Waals surface area contributed by atoms with E-state index < -0.39 is 0 Å². The Morgan fingerprint density at radius 2 is 1.86 bits per heavy atom. The average Bonchev–Trinajstić information content (AvgIpc) is 2.48. The third kappa shape index (κ3) is 5.24. The maximum atomic E-state index is 12.6. The van der Waals surface area contributed by atoms with Crippen molar-refractivity contribution in [2.24, 2.45) is 11.7 Å². The molecule has 5 nitrogen and oxygen atoms in total. The highest BCUT2D eigenvalue weighted by Crippen LogP contribution is 2.23.